The van der Waals surface area contributed by atoms with Crippen LogP contribution in [0.1, 0.15) is 16.8 Å². The SMILES string of the molecule is Cc1ccc2nc(CN(C)Cc3ccccc3Br)cc(=O)n2c1. The molecule has 23 heavy (non-hydrogen) atoms. The van der Waals surface area contributed by atoms with Gasteiger partial charge in [-0.1, -0.05) is 40.2 Å². The van der Waals surface area contributed by atoms with Gasteiger partial charge in [0.15, 0.2) is 0 Å². The summed E-state index contributed by atoms with van der Waals surface area (Å²) in [4.78, 5) is 19.0. The number of benzene rings is 1. The van der Waals surface area contributed by atoms with Crippen LogP contribution in [0.2, 0.25) is 0 Å². The van der Waals surface area contributed by atoms with Crippen LogP contribution in [0.5, 0.6) is 0 Å². The Balaban J connectivity index is 1.82. The molecular weight excluding hydrogens is 354 g/mol. The highest BCUT2D eigenvalue weighted by Gasteiger charge is 2.08. The number of hydrogen-bond acceptors (Lipinski definition) is 3. The largest absolute Gasteiger partial charge is 0.296 e. The van der Waals surface area contributed by atoms with Crippen molar-refractivity contribution in [2.45, 2.75) is 20.0 Å². The second kappa shape index (κ2) is 6.64. The maximum atomic E-state index is 12.2. The summed E-state index contributed by atoms with van der Waals surface area (Å²) in [7, 11) is 2.03. The fraction of sp³-hybridized carbons (Fsp3) is 0.222. The molecule has 0 saturated heterocycles. The normalized spacial score (nSPS) is 11.3. The van der Waals surface area contributed by atoms with Crippen LogP contribution in [0, 0.1) is 6.92 Å². The van der Waals surface area contributed by atoms with E-state index in [1.54, 1.807) is 10.5 Å². The second-order valence-corrected chi connectivity index (χ2v) is 6.64. The summed E-state index contributed by atoms with van der Waals surface area (Å²) in [5.41, 5.74) is 3.69. The van der Waals surface area contributed by atoms with Gasteiger partial charge in [-0.2, -0.15) is 0 Å². The molecule has 0 spiro atoms. The quantitative estimate of drug-likeness (QED) is 0.705. The van der Waals surface area contributed by atoms with E-state index in [4.69, 9.17) is 0 Å². The van der Waals surface area contributed by atoms with E-state index in [1.807, 2.05) is 50.5 Å². The molecule has 4 nitrogen and oxygen atoms in total. The first-order valence-electron chi connectivity index (χ1n) is 7.44. The van der Waals surface area contributed by atoms with Crippen molar-refractivity contribution in [1.82, 2.24) is 14.3 Å². The maximum absolute atomic E-state index is 12.2. The third-order valence-corrected chi connectivity index (χ3v) is 4.46. The molecular formula is C18H18BrN3O. The smallest absolute Gasteiger partial charge is 0.258 e. The Kier molecular flexibility index (Phi) is 4.59. The molecule has 0 bridgehead atoms. The van der Waals surface area contributed by atoms with E-state index in [2.05, 4.69) is 31.9 Å². The second-order valence-electron chi connectivity index (χ2n) is 5.78. The van der Waals surface area contributed by atoms with Crippen LogP contribution in [-0.4, -0.2) is 21.3 Å². The van der Waals surface area contributed by atoms with Crippen molar-refractivity contribution in [3.05, 3.63) is 80.3 Å². The van der Waals surface area contributed by atoms with Crippen molar-refractivity contribution < 1.29 is 0 Å². The highest BCUT2D eigenvalue weighted by Crippen LogP contribution is 2.17. The van der Waals surface area contributed by atoms with Gasteiger partial charge in [0.25, 0.3) is 5.56 Å². The number of halogens is 1. The van der Waals surface area contributed by atoms with Gasteiger partial charge in [-0.05, 0) is 37.2 Å². The zero-order chi connectivity index (χ0) is 16.4. The molecule has 0 fully saturated rings. The van der Waals surface area contributed by atoms with Gasteiger partial charge in [0.1, 0.15) is 5.65 Å². The van der Waals surface area contributed by atoms with E-state index in [0.29, 0.717) is 12.2 Å². The van der Waals surface area contributed by atoms with E-state index in [0.717, 1.165) is 22.3 Å². The van der Waals surface area contributed by atoms with Gasteiger partial charge in [0.2, 0.25) is 0 Å². The first kappa shape index (κ1) is 15.9. The van der Waals surface area contributed by atoms with Gasteiger partial charge in [-0.3, -0.25) is 14.1 Å². The van der Waals surface area contributed by atoms with Crippen LogP contribution in [0.15, 0.2) is 57.9 Å². The topological polar surface area (TPSA) is 37.6 Å². The lowest BCUT2D eigenvalue weighted by Crippen LogP contribution is -2.22. The van der Waals surface area contributed by atoms with E-state index in [-0.39, 0.29) is 5.56 Å². The Morgan fingerprint density at radius 3 is 2.74 bits per heavy atom. The molecule has 0 unspecified atom stereocenters. The van der Waals surface area contributed by atoms with E-state index in [1.165, 1.54) is 5.56 Å². The highest BCUT2D eigenvalue weighted by atomic mass is 79.9. The van der Waals surface area contributed by atoms with Crippen LogP contribution >= 0.6 is 15.9 Å². The first-order chi connectivity index (χ1) is 11.0. The van der Waals surface area contributed by atoms with Crippen LogP contribution in [0.3, 0.4) is 0 Å². The molecule has 3 rings (SSSR count). The zero-order valence-corrected chi connectivity index (χ0v) is 14.7. The lowest BCUT2D eigenvalue weighted by molar-refractivity contribution is 0.314. The number of pyridine rings is 1. The summed E-state index contributed by atoms with van der Waals surface area (Å²) in [6, 6.07) is 13.6. The Hall–Kier alpha value is -1.98. The number of aromatic nitrogens is 2. The van der Waals surface area contributed by atoms with Crippen molar-refractivity contribution in [2.24, 2.45) is 0 Å². The Labute approximate surface area is 143 Å². The molecule has 0 amide bonds. The summed E-state index contributed by atoms with van der Waals surface area (Å²) >= 11 is 3.57. The predicted molar refractivity (Wildman–Crippen MR) is 95.5 cm³/mol. The van der Waals surface area contributed by atoms with Crippen LogP contribution in [0.25, 0.3) is 5.65 Å². The standard InChI is InChI=1S/C18H18BrN3O/c1-13-7-8-17-20-15(9-18(23)22(17)10-13)12-21(2)11-14-5-3-4-6-16(14)19/h3-10H,11-12H2,1-2H3. The molecule has 1 aromatic carbocycles. The van der Waals surface area contributed by atoms with Crippen molar-refractivity contribution in [1.29, 1.82) is 0 Å². The summed E-state index contributed by atoms with van der Waals surface area (Å²) in [5, 5.41) is 0. The zero-order valence-electron chi connectivity index (χ0n) is 13.2. The number of rotatable bonds is 4. The van der Waals surface area contributed by atoms with Crippen molar-refractivity contribution in [3.63, 3.8) is 0 Å². The summed E-state index contributed by atoms with van der Waals surface area (Å²) in [6.45, 7) is 3.38. The van der Waals surface area contributed by atoms with Crippen molar-refractivity contribution >= 4 is 21.6 Å². The molecule has 0 N–H and O–H groups in total. The van der Waals surface area contributed by atoms with Gasteiger partial charge >= 0.3 is 0 Å². The summed E-state index contributed by atoms with van der Waals surface area (Å²) in [5.74, 6) is 0. The summed E-state index contributed by atoms with van der Waals surface area (Å²) < 4.78 is 2.68. The Morgan fingerprint density at radius 2 is 1.96 bits per heavy atom. The van der Waals surface area contributed by atoms with Gasteiger partial charge in [0.05, 0.1) is 5.69 Å². The lowest BCUT2D eigenvalue weighted by Gasteiger charge is -2.17. The predicted octanol–water partition coefficient (Wildman–Crippen LogP) is 3.40. The Morgan fingerprint density at radius 1 is 1.17 bits per heavy atom. The fourth-order valence-electron chi connectivity index (χ4n) is 2.59. The minimum absolute atomic E-state index is 0.0389. The molecule has 0 aliphatic rings. The van der Waals surface area contributed by atoms with Crippen molar-refractivity contribution in [3.8, 4) is 0 Å². The van der Waals surface area contributed by atoms with E-state index >= 15 is 0 Å². The van der Waals surface area contributed by atoms with Gasteiger partial charge in [-0.25, -0.2) is 4.98 Å². The van der Waals surface area contributed by atoms with Crippen LogP contribution in [-0.2, 0) is 13.1 Å². The van der Waals surface area contributed by atoms with Gasteiger partial charge in [-0.15, -0.1) is 0 Å². The molecule has 0 aliphatic heterocycles. The van der Waals surface area contributed by atoms with E-state index in [9.17, 15) is 4.79 Å². The third kappa shape index (κ3) is 3.68. The monoisotopic (exact) mass is 371 g/mol. The number of fused-ring (bicyclic) bond motifs is 1. The number of hydrogen-bond donors (Lipinski definition) is 0. The van der Waals surface area contributed by atoms with Gasteiger partial charge < -0.3 is 0 Å². The molecule has 2 aromatic heterocycles. The first-order valence-corrected chi connectivity index (χ1v) is 8.23. The number of nitrogens with zero attached hydrogens (tertiary/aromatic N) is 3. The van der Waals surface area contributed by atoms with Crippen molar-refractivity contribution in [2.75, 3.05) is 7.05 Å². The average Bonchev–Trinajstić information content (AvgIpc) is 2.50. The summed E-state index contributed by atoms with van der Waals surface area (Å²) in [6.07, 6.45) is 1.82. The maximum Gasteiger partial charge on any atom is 0.258 e. The third-order valence-electron chi connectivity index (χ3n) is 3.69. The minimum atomic E-state index is -0.0389. The fourth-order valence-corrected chi connectivity index (χ4v) is 3.00. The number of aryl methyl sites for hydroxylation is 1. The van der Waals surface area contributed by atoms with Crippen LogP contribution in [0.4, 0.5) is 0 Å². The molecule has 0 saturated carbocycles. The molecule has 0 aliphatic carbocycles. The molecule has 5 heteroatoms. The van der Waals surface area contributed by atoms with Crippen LogP contribution < -0.4 is 5.56 Å². The highest BCUT2D eigenvalue weighted by molar-refractivity contribution is 9.10. The molecule has 3 aromatic rings. The lowest BCUT2D eigenvalue weighted by atomic mass is 10.2. The molecule has 0 radical (unpaired) electrons. The Bertz CT molecular complexity index is 904. The molecule has 0 atom stereocenters. The molecule has 2 heterocycles. The van der Waals surface area contributed by atoms with E-state index < -0.39 is 0 Å². The minimum Gasteiger partial charge on any atom is -0.296 e. The van der Waals surface area contributed by atoms with Gasteiger partial charge in [0, 0.05) is 29.8 Å². The molecule has 118 valence electrons. The average molecular weight is 372 g/mol.